The number of hydrogen-bond donors (Lipinski definition) is 0. The molecule has 39 heavy (non-hydrogen) atoms. The topological polar surface area (TPSA) is 118 Å². The number of para-hydroxylation sites is 1. The standard InChI is InChI=1S/C29H20N4O6/c34-29-22-8-4-5-9-23(22)31-28(21-6-2-1-3-7-21)32(29)30-16-19-10-12-25(24(14-19)33(35)36)37-17-20-11-13-26-27(15-20)39-18-38-26/h1-16H,17-18H2. The Morgan fingerprint density at radius 1 is 0.974 bits per heavy atom. The maximum atomic E-state index is 13.3. The van der Waals surface area contributed by atoms with Crippen molar-refractivity contribution in [3.05, 3.63) is 123 Å². The van der Waals surface area contributed by atoms with E-state index in [1.165, 1.54) is 23.0 Å². The van der Waals surface area contributed by atoms with Crippen LogP contribution in [0, 0.1) is 10.1 Å². The van der Waals surface area contributed by atoms with Crippen molar-refractivity contribution in [2.45, 2.75) is 6.61 Å². The Morgan fingerprint density at radius 2 is 1.77 bits per heavy atom. The predicted molar refractivity (Wildman–Crippen MR) is 144 cm³/mol. The first-order valence-corrected chi connectivity index (χ1v) is 12.0. The van der Waals surface area contributed by atoms with Crippen LogP contribution in [0.1, 0.15) is 11.1 Å². The minimum absolute atomic E-state index is 0.101. The lowest BCUT2D eigenvalue weighted by molar-refractivity contribution is -0.385. The lowest BCUT2D eigenvalue weighted by Gasteiger charge is -2.10. The Balaban J connectivity index is 1.32. The Morgan fingerprint density at radius 3 is 2.62 bits per heavy atom. The lowest BCUT2D eigenvalue weighted by atomic mass is 10.2. The molecular weight excluding hydrogens is 500 g/mol. The van der Waals surface area contributed by atoms with Crippen LogP contribution in [0.2, 0.25) is 0 Å². The summed E-state index contributed by atoms with van der Waals surface area (Å²) < 4.78 is 17.6. The summed E-state index contributed by atoms with van der Waals surface area (Å²) in [7, 11) is 0. The first-order chi connectivity index (χ1) is 19.1. The fourth-order valence-electron chi connectivity index (χ4n) is 4.20. The van der Waals surface area contributed by atoms with E-state index in [2.05, 4.69) is 10.1 Å². The van der Waals surface area contributed by atoms with Crippen molar-refractivity contribution in [3.63, 3.8) is 0 Å². The summed E-state index contributed by atoms with van der Waals surface area (Å²) in [5.41, 5.74) is 1.86. The van der Waals surface area contributed by atoms with Gasteiger partial charge in [-0.25, -0.2) is 4.98 Å². The number of nitro benzene ring substituents is 1. The molecule has 2 heterocycles. The van der Waals surface area contributed by atoms with E-state index < -0.39 is 4.92 Å². The zero-order valence-corrected chi connectivity index (χ0v) is 20.4. The highest BCUT2D eigenvalue weighted by molar-refractivity contribution is 5.83. The Labute approximate surface area is 221 Å². The van der Waals surface area contributed by atoms with Crippen LogP contribution in [0.4, 0.5) is 5.69 Å². The van der Waals surface area contributed by atoms with Gasteiger partial charge in [-0.15, -0.1) is 0 Å². The molecular formula is C29H20N4O6. The first kappa shape index (κ1) is 23.9. The van der Waals surface area contributed by atoms with E-state index in [1.807, 2.05) is 36.4 Å². The summed E-state index contributed by atoms with van der Waals surface area (Å²) in [4.78, 5) is 29.3. The predicted octanol–water partition coefficient (Wildman–Crippen LogP) is 5.16. The molecule has 0 saturated heterocycles. The molecule has 0 atom stereocenters. The van der Waals surface area contributed by atoms with E-state index in [-0.39, 0.29) is 30.4 Å². The molecule has 0 amide bonds. The van der Waals surface area contributed by atoms with Crippen molar-refractivity contribution < 1.29 is 19.1 Å². The van der Waals surface area contributed by atoms with E-state index >= 15 is 0 Å². The summed E-state index contributed by atoms with van der Waals surface area (Å²) in [6.07, 6.45) is 1.39. The third-order valence-electron chi connectivity index (χ3n) is 6.12. The van der Waals surface area contributed by atoms with Crippen LogP contribution in [-0.2, 0) is 6.61 Å². The second-order valence-corrected chi connectivity index (χ2v) is 8.64. The normalized spacial score (nSPS) is 12.2. The van der Waals surface area contributed by atoms with Gasteiger partial charge in [-0.1, -0.05) is 48.5 Å². The number of fused-ring (bicyclic) bond motifs is 2. The molecule has 1 aromatic heterocycles. The number of nitrogens with zero attached hydrogens (tertiary/aromatic N) is 4. The van der Waals surface area contributed by atoms with Crippen molar-refractivity contribution in [2.75, 3.05) is 6.79 Å². The SMILES string of the molecule is O=c1c2ccccc2nc(-c2ccccc2)n1N=Cc1ccc(OCc2ccc3c(c2)OCO3)c([N+](=O)[O-])c1. The number of ether oxygens (including phenoxy) is 3. The molecule has 0 unspecified atom stereocenters. The molecule has 5 aromatic rings. The fraction of sp³-hybridized carbons (Fsp3) is 0.0690. The number of benzene rings is 4. The molecule has 0 bridgehead atoms. The lowest BCUT2D eigenvalue weighted by Crippen LogP contribution is -2.20. The monoisotopic (exact) mass is 520 g/mol. The van der Waals surface area contributed by atoms with Gasteiger partial charge in [0, 0.05) is 17.2 Å². The average molecular weight is 521 g/mol. The van der Waals surface area contributed by atoms with Crippen LogP contribution in [0.15, 0.2) is 101 Å². The van der Waals surface area contributed by atoms with Crippen molar-refractivity contribution >= 4 is 22.8 Å². The zero-order valence-electron chi connectivity index (χ0n) is 20.4. The summed E-state index contributed by atoms with van der Waals surface area (Å²) in [6, 6.07) is 26.1. The van der Waals surface area contributed by atoms with Gasteiger partial charge >= 0.3 is 5.69 Å². The van der Waals surface area contributed by atoms with E-state index in [4.69, 9.17) is 14.2 Å². The molecule has 0 fully saturated rings. The Kier molecular flexibility index (Phi) is 6.18. The van der Waals surface area contributed by atoms with Crippen LogP contribution >= 0.6 is 0 Å². The van der Waals surface area contributed by atoms with E-state index in [9.17, 15) is 14.9 Å². The molecule has 0 spiro atoms. The average Bonchev–Trinajstić information content (AvgIpc) is 3.44. The highest BCUT2D eigenvalue weighted by Gasteiger charge is 2.18. The second-order valence-electron chi connectivity index (χ2n) is 8.64. The van der Waals surface area contributed by atoms with Crippen LogP contribution in [-0.4, -0.2) is 27.6 Å². The molecule has 1 aliphatic heterocycles. The van der Waals surface area contributed by atoms with Crippen molar-refractivity contribution in [2.24, 2.45) is 5.10 Å². The van der Waals surface area contributed by atoms with Crippen LogP contribution in [0.25, 0.3) is 22.3 Å². The number of hydrogen-bond acceptors (Lipinski definition) is 8. The van der Waals surface area contributed by atoms with Crippen molar-refractivity contribution in [3.8, 4) is 28.6 Å². The van der Waals surface area contributed by atoms with E-state index in [0.29, 0.717) is 39.4 Å². The Bertz CT molecular complexity index is 1800. The summed E-state index contributed by atoms with van der Waals surface area (Å²) in [5, 5.41) is 16.6. The maximum Gasteiger partial charge on any atom is 0.311 e. The molecule has 1 aliphatic rings. The first-order valence-electron chi connectivity index (χ1n) is 12.0. The van der Waals surface area contributed by atoms with Crippen LogP contribution in [0.3, 0.4) is 0 Å². The van der Waals surface area contributed by atoms with Gasteiger partial charge in [0.1, 0.15) is 6.61 Å². The fourth-order valence-corrected chi connectivity index (χ4v) is 4.20. The van der Waals surface area contributed by atoms with Gasteiger partial charge in [0.2, 0.25) is 6.79 Å². The van der Waals surface area contributed by atoms with Gasteiger partial charge < -0.3 is 14.2 Å². The largest absolute Gasteiger partial charge is 0.482 e. The molecule has 0 aliphatic carbocycles. The molecule has 4 aromatic carbocycles. The molecule has 6 rings (SSSR count). The van der Waals surface area contributed by atoms with Gasteiger partial charge in [-0.2, -0.15) is 9.78 Å². The third kappa shape index (κ3) is 4.78. The second kappa shape index (κ2) is 10.1. The van der Waals surface area contributed by atoms with Crippen molar-refractivity contribution in [1.29, 1.82) is 0 Å². The minimum Gasteiger partial charge on any atom is -0.482 e. The molecule has 10 nitrogen and oxygen atoms in total. The number of nitro groups is 1. The summed E-state index contributed by atoms with van der Waals surface area (Å²) in [6.45, 7) is 0.256. The maximum absolute atomic E-state index is 13.3. The zero-order chi connectivity index (χ0) is 26.8. The molecule has 10 heteroatoms. The summed E-state index contributed by atoms with van der Waals surface area (Å²) in [5.74, 6) is 1.70. The molecule has 0 N–H and O–H groups in total. The molecule has 0 saturated carbocycles. The summed E-state index contributed by atoms with van der Waals surface area (Å²) >= 11 is 0. The quantitative estimate of drug-likeness (QED) is 0.165. The highest BCUT2D eigenvalue weighted by atomic mass is 16.7. The van der Waals surface area contributed by atoms with Gasteiger partial charge in [0.15, 0.2) is 23.1 Å². The van der Waals surface area contributed by atoms with Crippen LogP contribution in [0.5, 0.6) is 17.2 Å². The van der Waals surface area contributed by atoms with Gasteiger partial charge in [-0.3, -0.25) is 14.9 Å². The molecule has 192 valence electrons. The van der Waals surface area contributed by atoms with Crippen LogP contribution < -0.4 is 19.8 Å². The van der Waals surface area contributed by atoms with E-state index in [0.717, 1.165) is 5.56 Å². The van der Waals surface area contributed by atoms with Crippen molar-refractivity contribution in [1.82, 2.24) is 9.66 Å². The highest BCUT2D eigenvalue weighted by Crippen LogP contribution is 2.34. The molecule has 0 radical (unpaired) electrons. The number of aromatic nitrogens is 2. The van der Waals surface area contributed by atoms with Gasteiger partial charge in [-0.05, 0) is 42.0 Å². The van der Waals surface area contributed by atoms with Gasteiger partial charge in [0.25, 0.3) is 5.56 Å². The number of rotatable bonds is 7. The van der Waals surface area contributed by atoms with E-state index in [1.54, 1.807) is 42.5 Å². The smallest absolute Gasteiger partial charge is 0.311 e. The minimum atomic E-state index is -0.522. The Hall–Kier alpha value is -5.51. The van der Waals surface area contributed by atoms with Gasteiger partial charge in [0.05, 0.1) is 22.0 Å². The third-order valence-corrected chi connectivity index (χ3v) is 6.12.